The van der Waals surface area contributed by atoms with Crippen molar-refractivity contribution in [3.63, 3.8) is 0 Å². The second-order valence-electron chi connectivity index (χ2n) is 5.26. The molecule has 2 fully saturated rings. The molecule has 0 unspecified atom stereocenters. The van der Waals surface area contributed by atoms with E-state index < -0.39 is 0 Å². The highest BCUT2D eigenvalue weighted by Gasteiger charge is 2.20. The predicted molar refractivity (Wildman–Crippen MR) is 69.0 cm³/mol. The first kappa shape index (κ1) is 13.3. The van der Waals surface area contributed by atoms with Gasteiger partial charge in [0, 0.05) is 26.1 Å². The maximum absolute atomic E-state index is 11.7. The van der Waals surface area contributed by atoms with Crippen LogP contribution in [0.1, 0.15) is 32.1 Å². The van der Waals surface area contributed by atoms with Crippen LogP contribution in [0.25, 0.3) is 0 Å². The molecule has 1 saturated carbocycles. The Balaban J connectivity index is 1.48. The van der Waals surface area contributed by atoms with E-state index >= 15 is 0 Å². The number of hydrogen-bond donors (Lipinski definition) is 2. The van der Waals surface area contributed by atoms with E-state index in [0.717, 1.165) is 38.4 Å². The summed E-state index contributed by atoms with van der Waals surface area (Å²) in [5.41, 5.74) is 0. The van der Waals surface area contributed by atoms with Crippen LogP contribution in [0, 0.1) is 5.92 Å². The first-order valence-corrected chi connectivity index (χ1v) is 7.01. The van der Waals surface area contributed by atoms with Crippen LogP contribution in [0.4, 0.5) is 0 Å². The molecule has 102 valence electrons. The molecule has 0 radical (unpaired) electrons. The Hall–Kier alpha value is -1.10. The van der Waals surface area contributed by atoms with Gasteiger partial charge in [-0.05, 0) is 38.1 Å². The minimum atomic E-state index is -0.00938. The molecule has 1 saturated heterocycles. The molecule has 0 aromatic carbocycles. The van der Waals surface area contributed by atoms with Crippen molar-refractivity contribution in [3.8, 4) is 0 Å². The molecule has 1 aliphatic heterocycles. The lowest BCUT2D eigenvalue weighted by molar-refractivity contribution is -0.130. The van der Waals surface area contributed by atoms with Gasteiger partial charge in [-0.15, -0.1) is 0 Å². The molecule has 1 aliphatic carbocycles. The fourth-order valence-electron chi connectivity index (χ4n) is 2.21. The molecule has 18 heavy (non-hydrogen) atoms. The van der Waals surface area contributed by atoms with Crippen molar-refractivity contribution in [2.45, 2.75) is 32.1 Å². The highest BCUT2D eigenvalue weighted by Crippen LogP contribution is 2.27. The fraction of sp³-hybridized carbons (Fsp3) is 0.846. The van der Waals surface area contributed by atoms with Gasteiger partial charge in [-0.1, -0.05) is 0 Å². The van der Waals surface area contributed by atoms with Crippen molar-refractivity contribution in [1.82, 2.24) is 15.5 Å². The average molecular weight is 253 g/mol. The van der Waals surface area contributed by atoms with Crippen LogP contribution >= 0.6 is 0 Å². The van der Waals surface area contributed by atoms with Crippen molar-refractivity contribution >= 4 is 11.8 Å². The molecule has 0 aromatic rings. The van der Waals surface area contributed by atoms with Crippen LogP contribution in [0.2, 0.25) is 0 Å². The van der Waals surface area contributed by atoms with Crippen molar-refractivity contribution in [3.05, 3.63) is 0 Å². The molecule has 1 heterocycles. The van der Waals surface area contributed by atoms with Gasteiger partial charge in [-0.25, -0.2) is 0 Å². The maximum atomic E-state index is 11.7. The zero-order valence-electron chi connectivity index (χ0n) is 10.9. The summed E-state index contributed by atoms with van der Waals surface area (Å²) < 4.78 is 0. The van der Waals surface area contributed by atoms with E-state index in [1.165, 1.54) is 12.8 Å². The molecular formula is C13H23N3O2. The van der Waals surface area contributed by atoms with E-state index in [4.69, 9.17) is 0 Å². The van der Waals surface area contributed by atoms with E-state index in [1.807, 2.05) is 4.90 Å². The van der Waals surface area contributed by atoms with Crippen LogP contribution in [-0.4, -0.2) is 49.4 Å². The quantitative estimate of drug-likeness (QED) is 0.677. The Kier molecular flexibility index (Phi) is 4.99. The molecule has 5 nitrogen and oxygen atoms in total. The Bertz CT molecular complexity index is 297. The number of nitrogens with one attached hydrogen (secondary N) is 2. The zero-order chi connectivity index (χ0) is 12.8. The smallest absolute Gasteiger partial charge is 0.233 e. The first-order valence-electron chi connectivity index (χ1n) is 7.01. The lowest BCUT2D eigenvalue weighted by atomic mass is 10.3. The summed E-state index contributed by atoms with van der Waals surface area (Å²) in [7, 11) is 0. The molecule has 0 bridgehead atoms. The molecule has 2 aliphatic rings. The monoisotopic (exact) mass is 253 g/mol. The normalized spacial score (nSPS) is 19.0. The summed E-state index contributed by atoms with van der Waals surface area (Å²) in [6.45, 7) is 3.54. The van der Waals surface area contributed by atoms with Gasteiger partial charge in [0.1, 0.15) is 0 Å². The van der Waals surface area contributed by atoms with Gasteiger partial charge in [0.2, 0.25) is 11.8 Å². The third-order valence-electron chi connectivity index (χ3n) is 3.54. The standard InChI is InChI=1S/C13H23N3O2/c17-12(10-14-9-11-3-4-11)15-6-5-13(18)16-7-1-2-8-16/h11,14H,1-10H2,(H,15,17). The summed E-state index contributed by atoms with van der Waals surface area (Å²) in [5.74, 6) is 0.943. The minimum absolute atomic E-state index is 0.00938. The number of carbonyl (C=O) groups is 2. The Morgan fingerprint density at radius 1 is 1.17 bits per heavy atom. The van der Waals surface area contributed by atoms with Crippen LogP contribution in [0.15, 0.2) is 0 Å². The van der Waals surface area contributed by atoms with Gasteiger partial charge in [-0.2, -0.15) is 0 Å². The Morgan fingerprint density at radius 3 is 2.56 bits per heavy atom. The topological polar surface area (TPSA) is 61.4 Å². The maximum Gasteiger partial charge on any atom is 0.233 e. The Labute approximate surface area is 108 Å². The molecule has 2 N–H and O–H groups in total. The van der Waals surface area contributed by atoms with Gasteiger partial charge in [0.25, 0.3) is 0 Å². The summed E-state index contributed by atoms with van der Waals surface area (Å²) in [5, 5.41) is 5.92. The molecule has 2 amide bonds. The number of carbonyl (C=O) groups excluding carboxylic acids is 2. The van der Waals surface area contributed by atoms with E-state index in [1.54, 1.807) is 0 Å². The van der Waals surface area contributed by atoms with Gasteiger partial charge >= 0.3 is 0 Å². The number of nitrogens with zero attached hydrogens (tertiary/aromatic N) is 1. The molecule has 5 heteroatoms. The molecular weight excluding hydrogens is 230 g/mol. The fourth-order valence-corrected chi connectivity index (χ4v) is 2.21. The van der Waals surface area contributed by atoms with Crippen LogP contribution < -0.4 is 10.6 Å². The van der Waals surface area contributed by atoms with Crippen molar-refractivity contribution in [1.29, 1.82) is 0 Å². The number of likely N-dealkylation sites (tertiary alicyclic amines) is 1. The molecule has 0 spiro atoms. The SMILES string of the molecule is O=C(CNCC1CC1)NCCC(=O)N1CCCC1. The third-order valence-corrected chi connectivity index (χ3v) is 3.54. The van der Waals surface area contributed by atoms with E-state index in [2.05, 4.69) is 10.6 Å². The number of amides is 2. The van der Waals surface area contributed by atoms with Gasteiger partial charge < -0.3 is 15.5 Å². The van der Waals surface area contributed by atoms with Gasteiger partial charge in [0.05, 0.1) is 6.54 Å². The van der Waals surface area contributed by atoms with Gasteiger partial charge in [-0.3, -0.25) is 9.59 Å². The highest BCUT2D eigenvalue weighted by atomic mass is 16.2. The summed E-state index contributed by atoms with van der Waals surface area (Å²) in [4.78, 5) is 25.0. The molecule has 0 atom stereocenters. The largest absolute Gasteiger partial charge is 0.354 e. The van der Waals surface area contributed by atoms with Crippen molar-refractivity contribution in [2.24, 2.45) is 5.92 Å². The number of hydrogen-bond acceptors (Lipinski definition) is 3. The second kappa shape index (κ2) is 6.73. The lowest BCUT2D eigenvalue weighted by Gasteiger charge is -2.15. The van der Waals surface area contributed by atoms with Crippen LogP contribution in [-0.2, 0) is 9.59 Å². The van der Waals surface area contributed by atoms with Gasteiger partial charge in [0.15, 0.2) is 0 Å². The average Bonchev–Trinajstić information content (AvgIpc) is 3.01. The summed E-state index contributed by atoms with van der Waals surface area (Å²) in [6.07, 6.45) is 5.23. The summed E-state index contributed by atoms with van der Waals surface area (Å²) >= 11 is 0. The van der Waals surface area contributed by atoms with E-state index in [-0.39, 0.29) is 11.8 Å². The third kappa shape index (κ3) is 4.64. The minimum Gasteiger partial charge on any atom is -0.354 e. The molecule has 0 aromatic heterocycles. The highest BCUT2D eigenvalue weighted by molar-refractivity contribution is 5.80. The second-order valence-corrected chi connectivity index (χ2v) is 5.26. The van der Waals surface area contributed by atoms with E-state index in [9.17, 15) is 9.59 Å². The summed E-state index contributed by atoms with van der Waals surface area (Å²) in [6, 6.07) is 0. The lowest BCUT2D eigenvalue weighted by Crippen LogP contribution is -2.37. The van der Waals surface area contributed by atoms with Crippen LogP contribution in [0.5, 0.6) is 0 Å². The number of rotatable bonds is 7. The zero-order valence-corrected chi connectivity index (χ0v) is 10.9. The van der Waals surface area contributed by atoms with Crippen molar-refractivity contribution in [2.75, 3.05) is 32.7 Å². The first-order chi connectivity index (χ1) is 8.75. The molecule has 2 rings (SSSR count). The van der Waals surface area contributed by atoms with Crippen molar-refractivity contribution < 1.29 is 9.59 Å². The van der Waals surface area contributed by atoms with E-state index in [0.29, 0.717) is 19.5 Å². The predicted octanol–water partition coefficient (Wildman–Crippen LogP) is 0.115. The Morgan fingerprint density at radius 2 is 1.89 bits per heavy atom. The van der Waals surface area contributed by atoms with Crippen LogP contribution in [0.3, 0.4) is 0 Å².